The first-order valence-corrected chi connectivity index (χ1v) is 63.9. The molecule has 0 radical (unpaired) electrons. The summed E-state index contributed by atoms with van der Waals surface area (Å²) in [6.45, 7) is 8.54. The van der Waals surface area contributed by atoms with Crippen LogP contribution in [0, 0.1) is 76.2 Å². The molecule has 664 valence electrons. The smallest absolute Gasteiger partial charge is 2.00 e. The SMILES string of the molecule is Cc1cc[c]([Bi]2[c]3[c-]c(-c4[c-]c(Oc5ccccn5)ccc4)ccc3-c3cccc[c]32)nc1.Cc1cccn[c]1[Bi]1[c]2[c-]c(-c3[c-]c(Oc4ccccn4)ccc3)ccc2-c2cccc[c]21.Cc1ccn[c]([Bi]2[c]3[c-]c(-c4[c-]c(Oc5ccccn5)ccc4)ccc3-c3cccc[c]32)c1.Cc1ccn[c]([Bi]2[c]3[c-]c(-c4[c-]c(Oc5ccccn5)ccc4)ccc3-c3cccc[c]32)c1.[Pt+2].[Pt+2].[Pt+2].[Pt+2]. The van der Waals surface area contributed by atoms with Gasteiger partial charge in [0.2, 0.25) is 0 Å². The largest absolute Gasteiger partial charge is 2.00 e. The number of nitrogens with zero attached hydrogens (tertiary/aromatic N) is 8. The third-order valence-corrected chi connectivity index (χ3v) is 60.3. The molecule has 4 aliphatic heterocycles. The summed E-state index contributed by atoms with van der Waals surface area (Å²) < 4.78 is 40.0. The molecule has 0 saturated heterocycles. The number of hydrogen-bond acceptors (Lipinski definition) is 12. The van der Waals surface area contributed by atoms with Gasteiger partial charge in [0.15, 0.2) is 0 Å². The molecule has 0 saturated carbocycles. The molecular weight excluding hydrogens is 3190 g/mol. The maximum absolute atomic E-state index is 5.91. The number of pyridine rings is 8. The zero-order valence-electron chi connectivity index (χ0n) is 73.2. The molecule has 0 atom stereocenters. The predicted molar refractivity (Wildman–Crippen MR) is 532 cm³/mol. The van der Waals surface area contributed by atoms with Crippen LogP contribution in [-0.2, 0) is 84.3 Å². The Morgan fingerprint density at radius 3 is 0.816 bits per heavy atom. The minimum atomic E-state index is -2.54. The summed E-state index contributed by atoms with van der Waals surface area (Å²) in [4.78, 5) is 36.3. The molecule has 12 aromatic carbocycles. The molecular formula is C116H76Bi4N8O4Pt4. The van der Waals surface area contributed by atoms with E-state index in [9.17, 15) is 0 Å². The van der Waals surface area contributed by atoms with Crippen molar-refractivity contribution < 1.29 is 103 Å². The van der Waals surface area contributed by atoms with Gasteiger partial charge in [0, 0.05) is 0 Å². The summed E-state index contributed by atoms with van der Waals surface area (Å²) in [7, 11) is 0. The molecule has 136 heavy (non-hydrogen) atoms. The van der Waals surface area contributed by atoms with E-state index in [0.29, 0.717) is 46.5 Å². The third-order valence-electron chi connectivity index (χ3n) is 22.6. The van der Waals surface area contributed by atoms with Gasteiger partial charge in [0.05, 0.1) is 0 Å². The second-order valence-corrected chi connectivity index (χ2v) is 63.3. The molecule has 0 aliphatic carbocycles. The van der Waals surface area contributed by atoms with Crippen molar-refractivity contribution in [3.05, 3.63) is 460 Å². The molecule has 0 unspecified atom stereocenters. The number of ether oxygens (including phenoxy) is 4. The molecule has 0 bridgehead atoms. The third kappa shape index (κ3) is 21.3. The topological polar surface area (TPSA) is 140 Å². The van der Waals surface area contributed by atoms with Crippen LogP contribution in [0.15, 0.2) is 389 Å². The first kappa shape index (κ1) is 97.0. The van der Waals surface area contributed by atoms with Crippen LogP contribution in [0.4, 0.5) is 0 Å². The van der Waals surface area contributed by atoms with Gasteiger partial charge in [-0.15, -0.1) is 0 Å². The Morgan fingerprint density at radius 1 is 0.206 bits per heavy atom. The normalized spacial score (nSPS) is 11.9. The molecule has 20 aromatic rings. The van der Waals surface area contributed by atoms with Gasteiger partial charge < -0.3 is 0 Å². The maximum Gasteiger partial charge on any atom is 2.00 e. The first-order chi connectivity index (χ1) is 65.1. The van der Waals surface area contributed by atoms with Crippen molar-refractivity contribution in [2.45, 2.75) is 27.7 Å². The maximum atomic E-state index is 5.91. The van der Waals surface area contributed by atoms with Crippen LogP contribution in [0.5, 0.6) is 46.5 Å². The van der Waals surface area contributed by atoms with Crippen molar-refractivity contribution in [2.24, 2.45) is 0 Å². The predicted octanol–water partition coefficient (Wildman–Crippen LogP) is 17.4. The van der Waals surface area contributed by atoms with Crippen molar-refractivity contribution in [1.29, 1.82) is 0 Å². The van der Waals surface area contributed by atoms with Gasteiger partial charge in [-0.3, -0.25) is 0 Å². The second kappa shape index (κ2) is 44.9. The van der Waals surface area contributed by atoms with E-state index in [0.717, 1.165) is 44.5 Å². The van der Waals surface area contributed by atoms with Crippen molar-refractivity contribution in [2.75, 3.05) is 0 Å². The minimum absolute atomic E-state index is 0. The van der Waals surface area contributed by atoms with Crippen LogP contribution in [-0.4, -0.2) is 127 Å². The van der Waals surface area contributed by atoms with E-state index in [1.807, 2.05) is 152 Å². The number of aryl methyl sites for hydroxylation is 4. The molecule has 20 heteroatoms. The van der Waals surface area contributed by atoms with E-state index >= 15 is 0 Å². The fourth-order valence-electron chi connectivity index (χ4n) is 16.5. The summed E-state index contributed by atoms with van der Waals surface area (Å²) in [5.41, 5.74) is 23.5. The Bertz CT molecular complexity index is 7450. The number of benzene rings is 12. The first-order valence-electron chi connectivity index (χ1n) is 43.1. The van der Waals surface area contributed by atoms with Crippen molar-refractivity contribution in [3.63, 3.8) is 0 Å². The van der Waals surface area contributed by atoms with E-state index in [4.69, 9.17) is 38.9 Å². The van der Waals surface area contributed by atoms with Crippen LogP contribution >= 0.6 is 0 Å². The Kier molecular flexibility index (Phi) is 32.0. The van der Waals surface area contributed by atoms with Gasteiger partial charge in [-0.25, -0.2) is 0 Å². The van der Waals surface area contributed by atoms with Crippen LogP contribution in [0.1, 0.15) is 22.3 Å². The minimum Gasteiger partial charge on any atom is 2.00 e. The summed E-state index contributed by atoms with van der Waals surface area (Å²) in [5.74, 6) is 4.79. The monoisotopic (exact) mass is 3260 g/mol. The second-order valence-electron chi connectivity index (χ2n) is 31.5. The molecule has 0 spiro atoms. The Hall–Kier alpha value is -10.7. The quantitative estimate of drug-likeness (QED) is 0.0672. The summed E-state index contributed by atoms with van der Waals surface area (Å²) in [5, 5.41) is 0. The molecule has 0 fully saturated rings. The molecule has 4 aliphatic rings. The van der Waals surface area contributed by atoms with Crippen LogP contribution in [0.3, 0.4) is 0 Å². The van der Waals surface area contributed by atoms with Gasteiger partial charge in [0.25, 0.3) is 0 Å². The van der Waals surface area contributed by atoms with Crippen molar-refractivity contribution >= 4 is 127 Å². The fourth-order valence-corrected chi connectivity index (χ4v) is 56.2. The van der Waals surface area contributed by atoms with Gasteiger partial charge in [0.1, 0.15) is 0 Å². The van der Waals surface area contributed by atoms with Gasteiger partial charge in [-0.1, -0.05) is 0 Å². The van der Waals surface area contributed by atoms with E-state index in [2.05, 4.69) is 308 Å². The van der Waals surface area contributed by atoms with E-state index in [1.54, 1.807) is 24.8 Å². The molecule has 8 aromatic heterocycles. The average molecular weight is 3260 g/mol. The van der Waals surface area contributed by atoms with Gasteiger partial charge in [-0.2, -0.15) is 0 Å². The van der Waals surface area contributed by atoms with Gasteiger partial charge >= 0.3 is 893 Å². The molecule has 12 heterocycles. The van der Waals surface area contributed by atoms with Crippen molar-refractivity contribution in [1.82, 2.24) is 39.9 Å². The summed E-state index contributed by atoms with van der Waals surface area (Å²) >= 11 is -10.1. The number of aromatic nitrogens is 8. The van der Waals surface area contributed by atoms with Crippen LogP contribution in [0.25, 0.3) is 89.0 Å². The fraction of sp³-hybridized carbons (Fsp3) is 0.0345. The number of fused-ring (bicyclic) bond motifs is 12. The molecule has 0 N–H and O–H groups in total. The van der Waals surface area contributed by atoms with Crippen molar-refractivity contribution in [3.8, 4) is 136 Å². The van der Waals surface area contributed by atoms with Gasteiger partial charge in [-0.05, 0) is 0 Å². The van der Waals surface area contributed by atoms with E-state index in [-0.39, 0.29) is 84.3 Å². The van der Waals surface area contributed by atoms with E-state index in [1.165, 1.54) is 107 Å². The molecule has 0 amide bonds. The zero-order chi connectivity index (χ0) is 88.8. The summed E-state index contributed by atoms with van der Waals surface area (Å²) in [6.07, 6.45) is 14.7. The van der Waals surface area contributed by atoms with E-state index < -0.39 is 87.0 Å². The zero-order valence-corrected chi connectivity index (χ0v) is 96.2. The standard InChI is InChI=1S/4C23H13NO.4C6H6N.4Bi.4Pt/c4*1-2-7-18(8-3-1)19-12-14-20(15-13-19)21-9-6-10-22(17-21)25-23-11-4-5-16-24-23;2*1-6-2-4-7-5-3-6;2*1-6-3-2-4-7-5-6;;;;;;;;/h4*1-7,9-12,14,16H;2*2-4H,1H3;2-3,5H,1H3;2-4H,1H3;;;;;;;;/q4*-2;;;;;;;;;4*+2. The average Bonchev–Trinajstić information content (AvgIpc) is 1.61. The molecule has 24 rings (SSSR count). The number of hydrogen-bond donors (Lipinski definition) is 0. The van der Waals surface area contributed by atoms with Crippen LogP contribution in [0.2, 0.25) is 0 Å². The van der Waals surface area contributed by atoms with Crippen LogP contribution < -0.4 is 58.7 Å². The summed E-state index contributed by atoms with van der Waals surface area (Å²) in [6, 6.07) is 145. The Labute approximate surface area is 881 Å². The Morgan fingerprint density at radius 2 is 0.507 bits per heavy atom. The number of rotatable bonds is 16. The molecule has 12 nitrogen and oxygen atoms in total. The Balaban J connectivity index is 0.000000125.